The highest BCUT2D eigenvalue weighted by Crippen LogP contribution is 2.31. The van der Waals surface area contributed by atoms with Crippen molar-refractivity contribution in [3.8, 4) is 0 Å². The van der Waals surface area contributed by atoms with Crippen LogP contribution in [-0.2, 0) is 4.79 Å². The second kappa shape index (κ2) is 4.81. The molecule has 0 atom stereocenters. The summed E-state index contributed by atoms with van der Waals surface area (Å²) in [5.41, 5.74) is 2.07. The van der Waals surface area contributed by atoms with Crippen LogP contribution in [-0.4, -0.2) is 23.8 Å². The van der Waals surface area contributed by atoms with Crippen molar-refractivity contribution in [2.24, 2.45) is 5.92 Å². The van der Waals surface area contributed by atoms with E-state index in [0.29, 0.717) is 5.78 Å². The highest BCUT2D eigenvalue weighted by molar-refractivity contribution is 5.98. The van der Waals surface area contributed by atoms with E-state index in [2.05, 4.69) is 17.0 Å². The van der Waals surface area contributed by atoms with Gasteiger partial charge in [-0.05, 0) is 24.5 Å². The Labute approximate surface area is 108 Å². The molecule has 3 fully saturated rings. The van der Waals surface area contributed by atoms with Gasteiger partial charge in [0.25, 0.3) is 0 Å². The molecule has 3 aliphatic heterocycles. The summed E-state index contributed by atoms with van der Waals surface area (Å²) in [6, 6.07) is 10.2. The predicted molar refractivity (Wildman–Crippen MR) is 72.9 cm³/mol. The summed E-state index contributed by atoms with van der Waals surface area (Å²) in [6.45, 7) is 2.09. The highest BCUT2D eigenvalue weighted by atomic mass is 16.1. The number of carbonyl (C=O) groups excluding carboxylic acids is 1. The molecular formula is C16H17NO. The monoisotopic (exact) mass is 239 g/mol. The number of piperidine rings is 3. The molecule has 2 heteroatoms. The molecule has 3 aliphatic rings. The molecule has 0 unspecified atom stereocenters. The molecule has 2 nitrogen and oxygen atoms in total. The van der Waals surface area contributed by atoms with Gasteiger partial charge < -0.3 is 4.90 Å². The highest BCUT2D eigenvalue weighted by Gasteiger charge is 2.35. The Morgan fingerprint density at radius 1 is 1.11 bits per heavy atom. The maximum absolute atomic E-state index is 12.1. The van der Waals surface area contributed by atoms with Crippen molar-refractivity contribution in [3.63, 3.8) is 0 Å². The first-order valence-corrected chi connectivity index (χ1v) is 6.57. The van der Waals surface area contributed by atoms with Gasteiger partial charge in [0.15, 0.2) is 5.78 Å². The maximum Gasteiger partial charge on any atom is 0.182 e. The minimum Gasteiger partial charge on any atom is -0.369 e. The number of nitrogens with zero attached hydrogens (tertiary/aromatic N) is 1. The minimum atomic E-state index is 0.284. The number of rotatable bonds is 2. The molecule has 0 saturated carbocycles. The standard InChI is InChI=1S/C16H17NO/c18-16-14-9-11-17(12-10-14)15(16)8-4-7-13-5-2-1-3-6-13/h1-8,14H,9-12H2/b7-4+,15-8-. The quantitative estimate of drug-likeness (QED) is 0.740. The Balaban J connectivity index is 1.77. The van der Waals surface area contributed by atoms with E-state index < -0.39 is 0 Å². The van der Waals surface area contributed by atoms with E-state index in [4.69, 9.17) is 0 Å². The van der Waals surface area contributed by atoms with E-state index in [1.807, 2.05) is 36.4 Å². The summed E-state index contributed by atoms with van der Waals surface area (Å²) < 4.78 is 0. The third kappa shape index (κ3) is 2.10. The van der Waals surface area contributed by atoms with Gasteiger partial charge >= 0.3 is 0 Å². The number of ketones is 1. The normalized spacial score (nSPS) is 22.3. The average Bonchev–Trinajstić information content (AvgIpc) is 2.44. The Bertz CT molecular complexity index is 493. The van der Waals surface area contributed by atoms with Crippen LogP contribution >= 0.6 is 0 Å². The summed E-state index contributed by atoms with van der Waals surface area (Å²) in [5.74, 6) is 0.622. The van der Waals surface area contributed by atoms with Crippen molar-refractivity contribution in [1.82, 2.24) is 4.90 Å². The lowest BCUT2D eigenvalue weighted by Gasteiger charge is -2.40. The average molecular weight is 239 g/mol. The Hall–Kier alpha value is -1.83. The van der Waals surface area contributed by atoms with Crippen LogP contribution in [0.5, 0.6) is 0 Å². The molecule has 3 heterocycles. The molecule has 0 radical (unpaired) electrons. The number of hydrogen-bond donors (Lipinski definition) is 0. The van der Waals surface area contributed by atoms with Gasteiger partial charge in [-0.15, -0.1) is 0 Å². The van der Waals surface area contributed by atoms with Crippen LogP contribution < -0.4 is 0 Å². The van der Waals surface area contributed by atoms with E-state index >= 15 is 0 Å². The Morgan fingerprint density at radius 3 is 2.50 bits per heavy atom. The SMILES string of the molecule is O=C1/C(=C/C=C/c2ccccc2)N2CCC1CC2. The van der Waals surface area contributed by atoms with Crippen LogP contribution in [0.4, 0.5) is 0 Å². The van der Waals surface area contributed by atoms with Gasteiger partial charge in [-0.2, -0.15) is 0 Å². The molecule has 0 N–H and O–H groups in total. The third-order valence-electron chi connectivity index (χ3n) is 3.80. The first-order valence-electron chi connectivity index (χ1n) is 6.57. The zero-order valence-electron chi connectivity index (χ0n) is 10.4. The van der Waals surface area contributed by atoms with Gasteiger partial charge in [0, 0.05) is 19.0 Å². The second-order valence-corrected chi connectivity index (χ2v) is 4.95. The fourth-order valence-electron chi connectivity index (χ4n) is 2.75. The number of benzene rings is 1. The van der Waals surface area contributed by atoms with Crippen molar-refractivity contribution in [1.29, 1.82) is 0 Å². The summed E-state index contributed by atoms with van der Waals surface area (Å²) in [6.07, 6.45) is 8.09. The Morgan fingerprint density at radius 2 is 1.83 bits per heavy atom. The molecule has 1 aromatic rings. The molecule has 0 spiro atoms. The van der Waals surface area contributed by atoms with Gasteiger partial charge in [-0.25, -0.2) is 0 Å². The molecule has 92 valence electrons. The van der Waals surface area contributed by atoms with Crippen LogP contribution in [0.15, 0.2) is 48.2 Å². The maximum atomic E-state index is 12.1. The molecule has 0 aliphatic carbocycles. The second-order valence-electron chi connectivity index (χ2n) is 4.95. The van der Waals surface area contributed by atoms with E-state index in [1.165, 1.54) is 0 Å². The molecule has 4 rings (SSSR count). The minimum absolute atomic E-state index is 0.284. The smallest absolute Gasteiger partial charge is 0.182 e. The van der Waals surface area contributed by atoms with Crippen LogP contribution in [0, 0.1) is 5.92 Å². The van der Waals surface area contributed by atoms with Crippen molar-refractivity contribution < 1.29 is 4.79 Å². The fraction of sp³-hybridized carbons (Fsp3) is 0.312. The van der Waals surface area contributed by atoms with E-state index in [9.17, 15) is 4.79 Å². The number of carbonyl (C=O) groups is 1. The first-order chi connectivity index (χ1) is 8.84. The van der Waals surface area contributed by atoms with Crippen LogP contribution in [0.25, 0.3) is 6.08 Å². The summed E-state index contributed by atoms with van der Waals surface area (Å²) >= 11 is 0. The van der Waals surface area contributed by atoms with Gasteiger partial charge in [0.1, 0.15) is 0 Å². The van der Waals surface area contributed by atoms with Crippen molar-refractivity contribution in [2.45, 2.75) is 12.8 Å². The molecule has 3 saturated heterocycles. The zero-order chi connectivity index (χ0) is 12.4. The lowest BCUT2D eigenvalue weighted by Crippen LogP contribution is -2.45. The molecule has 0 aromatic heterocycles. The van der Waals surface area contributed by atoms with E-state index in [0.717, 1.165) is 37.2 Å². The summed E-state index contributed by atoms with van der Waals surface area (Å²) in [7, 11) is 0. The van der Waals surface area contributed by atoms with Gasteiger partial charge in [0.2, 0.25) is 0 Å². The lowest BCUT2D eigenvalue weighted by atomic mass is 9.85. The zero-order valence-corrected chi connectivity index (χ0v) is 10.4. The van der Waals surface area contributed by atoms with Gasteiger partial charge in [0.05, 0.1) is 5.70 Å². The number of fused-ring (bicyclic) bond motifs is 3. The topological polar surface area (TPSA) is 20.3 Å². The van der Waals surface area contributed by atoms with E-state index in [1.54, 1.807) is 0 Å². The predicted octanol–water partition coefficient (Wildman–Crippen LogP) is 2.88. The van der Waals surface area contributed by atoms with Crippen molar-refractivity contribution in [3.05, 3.63) is 53.7 Å². The van der Waals surface area contributed by atoms with Gasteiger partial charge in [-0.1, -0.05) is 42.5 Å². The summed E-state index contributed by atoms with van der Waals surface area (Å²) in [5, 5.41) is 0. The van der Waals surface area contributed by atoms with Crippen LogP contribution in [0.1, 0.15) is 18.4 Å². The number of hydrogen-bond acceptors (Lipinski definition) is 2. The molecule has 2 bridgehead atoms. The Kier molecular flexibility index (Phi) is 3.01. The van der Waals surface area contributed by atoms with E-state index in [-0.39, 0.29) is 5.92 Å². The fourth-order valence-corrected chi connectivity index (χ4v) is 2.75. The number of allylic oxidation sites excluding steroid dienone is 3. The molecule has 1 aromatic carbocycles. The van der Waals surface area contributed by atoms with Crippen molar-refractivity contribution >= 4 is 11.9 Å². The van der Waals surface area contributed by atoms with Crippen LogP contribution in [0.2, 0.25) is 0 Å². The molecule has 18 heavy (non-hydrogen) atoms. The third-order valence-corrected chi connectivity index (χ3v) is 3.80. The number of Topliss-reactive ketones (excluding diaryl/α,β-unsaturated/α-hetero) is 1. The van der Waals surface area contributed by atoms with Crippen molar-refractivity contribution in [2.75, 3.05) is 13.1 Å². The van der Waals surface area contributed by atoms with Crippen LogP contribution in [0.3, 0.4) is 0 Å². The summed E-state index contributed by atoms with van der Waals surface area (Å²) in [4.78, 5) is 14.3. The van der Waals surface area contributed by atoms with Gasteiger partial charge in [-0.3, -0.25) is 4.79 Å². The largest absolute Gasteiger partial charge is 0.369 e. The molecular weight excluding hydrogens is 222 g/mol. The molecule has 0 amide bonds. The first kappa shape index (κ1) is 11.3. The lowest BCUT2D eigenvalue weighted by molar-refractivity contribution is -0.125.